The van der Waals surface area contributed by atoms with Crippen molar-refractivity contribution in [2.75, 3.05) is 0 Å². The number of hydrogen-bond donors (Lipinski definition) is 0. The highest BCUT2D eigenvalue weighted by atomic mass is 19.1. The summed E-state index contributed by atoms with van der Waals surface area (Å²) in [5.41, 5.74) is 0. The Labute approximate surface area is 75.2 Å². The van der Waals surface area contributed by atoms with Gasteiger partial charge in [0.15, 0.2) is 0 Å². The number of halogens is 1. The van der Waals surface area contributed by atoms with Crippen LogP contribution >= 0.6 is 0 Å². The summed E-state index contributed by atoms with van der Waals surface area (Å²) in [5, 5.41) is 0. The zero-order chi connectivity index (χ0) is 9.59. The van der Waals surface area contributed by atoms with Gasteiger partial charge in [-0.05, 0) is 6.42 Å². The molecule has 0 amide bonds. The van der Waals surface area contributed by atoms with E-state index >= 15 is 0 Å². The highest BCUT2D eigenvalue weighted by molar-refractivity contribution is 5.85. The average molecular weight is 186 g/mol. The van der Waals surface area contributed by atoms with Gasteiger partial charge in [0, 0.05) is 19.3 Å². The number of alkyl halides is 1. The number of Topliss-reactive ketones (excluding diaryl/α,β-unsaturated/α-hetero) is 1. The molecular weight excluding hydrogens is 175 g/mol. The Hall–Kier alpha value is -0.930. The first-order chi connectivity index (χ1) is 6.09. The van der Waals surface area contributed by atoms with Gasteiger partial charge in [-0.2, -0.15) is 0 Å². The summed E-state index contributed by atoms with van der Waals surface area (Å²) in [6.07, 6.45) is -0.833. The minimum absolute atomic E-state index is 0.0131. The average Bonchev–Trinajstić information content (AvgIpc) is 2.43. The van der Waals surface area contributed by atoms with Crippen LogP contribution in [0, 0.1) is 11.8 Å². The normalized spacial score (nSPS) is 42.5. The van der Waals surface area contributed by atoms with Crippen LogP contribution in [0.15, 0.2) is 0 Å². The number of ether oxygens (including phenoxy) is 1. The van der Waals surface area contributed by atoms with Gasteiger partial charge in [0.05, 0.1) is 5.92 Å². The summed E-state index contributed by atoms with van der Waals surface area (Å²) < 4.78 is 18.2. The number of ketones is 1. The third kappa shape index (κ3) is 1.24. The highest BCUT2D eigenvalue weighted by Crippen LogP contribution is 2.45. The molecule has 0 spiro atoms. The number of carbonyl (C=O) groups is 2. The van der Waals surface area contributed by atoms with Crippen molar-refractivity contribution >= 4 is 11.8 Å². The molecule has 0 unspecified atom stereocenters. The van der Waals surface area contributed by atoms with Crippen molar-refractivity contribution in [3.05, 3.63) is 0 Å². The zero-order valence-electron chi connectivity index (χ0n) is 7.33. The summed E-state index contributed by atoms with van der Waals surface area (Å²) in [6.45, 7) is 1.31. The summed E-state index contributed by atoms with van der Waals surface area (Å²) >= 11 is 0. The molecule has 72 valence electrons. The minimum Gasteiger partial charge on any atom is -0.462 e. The molecule has 2 saturated carbocycles. The molecule has 3 nitrogen and oxygen atoms in total. The predicted octanol–water partition coefficient (Wildman–Crippen LogP) is 0.865. The van der Waals surface area contributed by atoms with Crippen LogP contribution in [0.5, 0.6) is 0 Å². The molecule has 0 aromatic rings. The highest BCUT2D eigenvalue weighted by Gasteiger charge is 2.55. The lowest BCUT2D eigenvalue weighted by atomic mass is 9.96. The Morgan fingerprint density at radius 1 is 1.62 bits per heavy atom. The zero-order valence-corrected chi connectivity index (χ0v) is 7.33. The smallest absolute Gasteiger partial charge is 0.302 e. The second-order valence-electron chi connectivity index (χ2n) is 3.77. The van der Waals surface area contributed by atoms with Crippen LogP contribution in [-0.2, 0) is 14.3 Å². The molecule has 0 aromatic carbocycles. The molecule has 0 heterocycles. The minimum atomic E-state index is -1.09. The second-order valence-corrected chi connectivity index (χ2v) is 3.77. The summed E-state index contributed by atoms with van der Waals surface area (Å²) in [4.78, 5) is 21.7. The van der Waals surface area contributed by atoms with E-state index in [1.807, 2.05) is 0 Å². The van der Waals surface area contributed by atoms with Crippen molar-refractivity contribution in [1.82, 2.24) is 0 Å². The summed E-state index contributed by atoms with van der Waals surface area (Å²) in [6, 6.07) is 0. The fourth-order valence-corrected chi connectivity index (χ4v) is 2.34. The van der Waals surface area contributed by atoms with E-state index < -0.39 is 18.1 Å². The van der Waals surface area contributed by atoms with Crippen molar-refractivity contribution in [3.63, 3.8) is 0 Å². The van der Waals surface area contributed by atoms with E-state index in [4.69, 9.17) is 4.74 Å². The maximum Gasteiger partial charge on any atom is 0.302 e. The van der Waals surface area contributed by atoms with Crippen molar-refractivity contribution in [2.45, 2.75) is 32.0 Å². The van der Waals surface area contributed by atoms with Gasteiger partial charge in [0.2, 0.25) is 0 Å². The Morgan fingerprint density at radius 2 is 2.31 bits per heavy atom. The molecule has 0 aromatic heterocycles. The molecule has 0 N–H and O–H groups in total. The molecule has 2 fully saturated rings. The van der Waals surface area contributed by atoms with Crippen LogP contribution in [-0.4, -0.2) is 24.0 Å². The van der Waals surface area contributed by atoms with Crippen molar-refractivity contribution in [2.24, 2.45) is 11.8 Å². The van der Waals surface area contributed by atoms with E-state index in [-0.39, 0.29) is 24.2 Å². The van der Waals surface area contributed by atoms with Gasteiger partial charge >= 0.3 is 5.97 Å². The molecule has 0 aliphatic heterocycles. The first kappa shape index (κ1) is 8.66. The van der Waals surface area contributed by atoms with Crippen LogP contribution < -0.4 is 0 Å². The Balaban J connectivity index is 2.06. The van der Waals surface area contributed by atoms with E-state index in [9.17, 15) is 14.0 Å². The molecule has 0 saturated heterocycles. The van der Waals surface area contributed by atoms with Crippen molar-refractivity contribution < 1.29 is 18.7 Å². The number of hydrogen-bond acceptors (Lipinski definition) is 3. The monoisotopic (exact) mass is 186 g/mol. The number of fused-ring (bicyclic) bond motifs is 2. The van der Waals surface area contributed by atoms with E-state index in [1.54, 1.807) is 0 Å². The quantitative estimate of drug-likeness (QED) is 0.570. The fraction of sp³-hybridized carbons (Fsp3) is 0.778. The van der Waals surface area contributed by atoms with Crippen LogP contribution in [0.4, 0.5) is 4.39 Å². The molecule has 4 atom stereocenters. The standard InChI is InChI=1S/C9H11FO3/c1-4(11)13-8-3-5-7(12)2-6(8)9(5)10/h5-6,8-9H,2-3H2,1H3/t5-,6-,8-,9-/m1/s1. The van der Waals surface area contributed by atoms with E-state index in [0.717, 1.165) is 0 Å². The van der Waals surface area contributed by atoms with Crippen LogP contribution in [0.25, 0.3) is 0 Å². The number of esters is 1. The van der Waals surface area contributed by atoms with Gasteiger partial charge in [-0.1, -0.05) is 0 Å². The predicted molar refractivity (Wildman–Crippen MR) is 41.7 cm³/mol. The van der Waals surface area contributed by atoms with Gasteiger partial charge in [-0.25, -0.2) is 4.39 Å². The Bertz CT molecular complexity index is 264. The molecule has 0 radical (unpaired) electrons. The molecule has 2 aliphatic carbocycles. The molecule has 2 aliphatic rings. The van der Waals surface area contributed by atoms with Crippen LogP contribution in [0.1, 0.15) is 19.8 Å². The van der Waals surface area contributed by atoms with E-state index in [0.29, 0.717) is 6.42 Å². The number of rotatable bonds is 1. The molecular formula is C9H11FO3. The molecule has 2 bridgehead atoms. The summed E-state index contributed by atoms with van der Waals surface area (Å²) in [5.74, 6) is -1.28. The van der Waals surface area contributed by atoms with Gasteiger partial charge in [0.1, 0.15) is 18.1 Å². The lowest BCUT2D eigenvalue weighted by molar-refractivity contribution is -0.150. The summed E-state index contributed by atoms with van der Waals surface area (Å²) in [7, 11) is 0. The Morgan fingerprint density at radius 3 is 2.69 bits per heavy atom. The SMILES string of the molecule is CC(=O)O[C@@H]1C[C@@H]2C(=O)C[C@H]1[C@@H]2F. The maximum atomic E-state index is 13.3. The Kier molecular flexibility index (Phi) is 1.86. The van der Waals surface area contributed by atoms with Gasteiger partial charge < -0.3 is 4.74 Å². The topological polar surface area (TPSA) is 43.4 Å². The largest absolute Gasteiger partial charge is 0.462 e. The third-order valence-corrected chi connectivity index (χ3v) is 2.92. The molecule has 4 heteroatoms. The van der Waals surface area contributed by atoms with E-state index in [1.165, 1.54) is 6.92 Å². The molecule has 13 heavy (non-hydrogen) atoms. The van der Waals surface area contributed by atoms with Gasteiger partial charge in [-0.15, -0.1) is 0 Å². The molecule has 2 rings (SSSR count). The van der Waals surface area contributed by atoms with Crippen molar-refractivity contribution in [3.8, 4) is 0 Å². The van der Waals surface area contributed by atoms with Crippen molar-refractivity contribution in [1.29, 1.82) is 0 Å². The first-order valence-corrected chi connectivity index (χ1v) is 4.43. The fourth-order valence-electron chi connectivity index (χ4n) is 2.34. The number of carbonyl (C=O) groups excluding carboxylic acids is 2. The van der Waals surface area contributed by atoms with E-state index in [2.05, 4.69) is 0 Å². The van der Waals surface area contributed by atoms with Gasteiger partial charge in [0.25, 0.3) is 0 Å². The lowest BCUT2D eigenvalue weighted by Crippen LogP contribution is -2.26. The maximum absolute atomic E-state index is 13.3. The first-order valence-electron chi connectivity index (χ1n) is 4.43. The van der Waals surface area contributed by atoms with Crippen LogP contribution in [0.3, 0.4) is 0 Å². The lowest BCUT2D eigenvalue weighted by Gasteiger charge is -2.19. The third-order valence-electron chi connectivity index (χ3n) is 2.92. The van der Waals surface area contributed by atoms with Gasteiger partial charge in [-0.3, -0.25) is 9.59 Å². The second kappa shape index (κ2) is 2.79. The van der Waals surface area contributed by atoms with Crippen LogP contribution in [0.2, 0.25) is 0 Å².